The molecule has 4 aromatic rings. The molecule has 0 unspecified atom stereocenters. The molecule has 10 heteroatoms. The number of benzene rings is 2. The maximum absolute atomic E-state index is 13.4. The number of aromatic nitrogens is 4. The van der Waals surface area contributed by atoms with Crippen LogP contribution in [0.25, 0.3) is 16.7 Å². The number of aryl methyl sites for hydroxylation is 1. The van der Waals surface area contributed by atoms with Crippen molar-refractivity contribution in [2.45, 2.75) is 32.0 Å². The van der Waals surface area contributed by atoms with Crippen molar-refractivity contribution in [2.75, 3.05) is 11.1 Å². The van der Waals surface area contributed by atoms with E-state index in [-0.39, 0.29) is 17.0 Å². The van der Waals surface area contributed by atoms with Crippen LogP contribution in [0.5, 0.6) is 0 Å². The third-order valence-electron chi connectivity index (χ3n) is 4.94. The molecule has 0 fully saturated rings. The predicted octanol–water partition coefficient (Wildman–Crippen LogP) is 4.10. The normalized spacial score (nSPS) is 11.5. The lowest BCUT2D eigenvalue weighted by molar-refractivity contribution is -0.113. The molecule has 0 bridgehead atoms. The number of hydrogen-bond acceptors (Lipinski definition) is 5. The summed E-state index contributed by atoms with van der Waals surface area (Å²) in [5, 5.41) is 12.0. The van der Waals surface area contributed by atoms with Crippen molar-refractivity contribution in [1.82, 2.24) is 19.2 Å². The maximum atomic E-state index is 13.4. The molecule has 166 valence electrons. The molecule has 1 amide bonds. The van der Waals surface area contributed by atoms with Gasteiger partial charge in [0.1, 0.15) is 0 Å². The quantitative estimate of drug-likeness (QED) is 0.423. The van der Waals surface area contributed by atoms with Gasteiger partial charge in [-0.2, -0.15) is 0 Å². The first kappa shape index (κ1) is 21.9. The van der Waals surface area contributed by atoms with E-state index in [1.165, 1.54) is 6.07 Å². The van der Waals surface area contributed by atoms with Crippen LogP contribution in [0.1, 0.15) is 20.3 Å². The molecule has 2 aromatic heterocycles. The van der Waals surface area contributed by atoms with Crippen molar-refractivity contribution in [1.29, 1.82) is 0 Å². The molecule has 1 N–H and O–H groups in total. The van der Waals surface area contributed by atoms with Gasteiger partial charge in [0, 0.05) is 18.3 Å². The Hall–Kier alpha value is -3.27. The highest BCUT2D eigenvalue weighted by Gasteiger charge is 2.18. The van der Waals surface area contributed by atoms with Crippen molar-refractivity contribution < 1.29 is 13.6 Å². The first-order valence-electron chi connectivity index (χ1n) is 10.1. The molecule has 0 aliphatic heterocycles. The zero-order chi connectivity index (χ0) is 22.8. The van der Waals surface area contributed by atoms with Gasteiger partial charge in [0.15, 0.2) is 16.8 Å². The van der Waals surface area contributed by atoms with Crippen LogP contribution in [0.4, 0.5) is 14.5 Å². The second kappa shape index (κ2) is 9.07. The molecule has 0 saturated carbocycles. The van der Waals surface area contributed by atoms with Crippen molar-refractivity contribution in [3.63, 3.8) is 0 Å². The van der Waals surface area contributed by atoms with Crippen molar-refractivity contribution in [3.05, 3.63) is 64.5 Å². The van der Waals surface area contributed by atoms with Crippen LogP contribution < -0.4 is 10.9 Å². The maximum Gasteiger partial charge on any atom is 0.262 e. The van der Waals surface area contributed by atoms with Crippen LogP contribution >= 0.6 is 11.8 Å². The Labute approximate surface area is 186 Å². The summed E-state index contributed by atoms with van der Waals surface area (Å²) in [5.74, 6) is -1.63. The van der Waals surface area contributed by atoms with Gasteiger partial charge in [-0.25, -0.2) is 8.78 Å². The third kappa shape index (κ3) is 4.36. The van der Waals surface area contributed by atoms with Gasteiger partial charge in [0.25, 0.3) is 5.56 Å². The van der Waals surface area contributed by atoms with Crippen LogP contribution in [0, 0.1) is 17.6 Å². The number of para-hydroxylation sites is 1. The van der Waals surface area contributed by atoms with Gasteiger partial charge in [0.05, 0.1) is 16.7 Å². The SMILES string of the molecule is CC(C)CCn1c(=O)c2ccccc2n2c(SCC(=O)Nc3ccc(F)c(F)c3)nnc12. The zero-order valence-corrected chi connectivity index (χ0v) is 18.3. The van der Waals surface area contributed by atoms with Crippen molar-refractivity contribution >= 4 is 40.0 Å². The van der Waals surface area contributed by atoms with E-state index in [1.54, 1.807) is 21.1 Å². The highest BCUT2D eigenvalue weighted by Crippen LogP contribution is 2.22. The fourth-order valence-electron chi connectivity index (χ4n) is 3.32. The average molecular weight is 458 g/mol. The van der Waals surface area contributed by atoms with Gasteiger partial charge in [0.2, 0.25) is 11.7 Å². The molecule has 2 heterocycles. The fraction of sp³-hybridized carbons (Fsp3) is 0.273. The molecule has 0 spiro atoms. The zero-order valence-electron chi connectivity index (χ0n) is 17.5. The number of carbonyl (C=O) groups is 1. The number of anilines is 1. The van der Waals surface area contributed by atoms with Crippen LogP contribution in [-0.2, 0) is 11.3 Å². The second-order valence-electron chi connectivity index (χ2n) is 7.74. The van der Waals surface area contributed by atoms with E-state index in [0.29, 0.717) is 34.3 Å². The van der Waals surface area contributed by atoms with Crippen molar-refractivity contribution in [2.24, 2.45) is 5.92 Å². The Bertz CT molecular complexity index is 1370. The highest BCUT2D eigenvalue weighted by molar-refractivity contribution is 7.99. The number of thioether (sulfide) groups is 1. The predicted molar refractivity (Wildman–Crippen MR) is 120 cm³/mol. The van der Waals surface area contributed by atoms with Crippen LogP contribution in [0.2, 0.25) is 0 Å². The highest BCUT2D eigenvalue weighted by atomic mass is 32.2. The summed E-state index contributed by atoms with van der Waals surface area (Å²) < 4.78 is 29.8. The summed E-state index contributed by atoms with van der Waals surface area (Å²) in [5.41, 5.74) is 0.684. The summed E-state index contributed by atoms with van der Waals surface area (Å²) >= 11 is 1.14. The minimum Gasteiger partial charge on any atom is -0.325 e. The number of nitrogens with zero attached hydrogens (tertiary/aromatic N) is 4. The minimum absolute atomic E-state index is 0.0285. The van der Waals surface area contributed by atoms with Crippen molar-refractivity contribution in [3.8, 4) is 0 Å². The molecule has 0 aliphatic carbocycles. The minimum atomic E-state index is -1.04. The van der Waals surface area contributed by atoms with E-state index in [2.05, 4.69) is 29.4 Å². The summed E-state index contributed by atoms with van der Waals surface area (Å²) in [6, 6.07) is 10.4. The second-order valence-corrected chi connectivity index (χ2v) is 8.68. The summed E-state index contributed by atoms with van der Waals surface area (Å²) in [4.78, 5) is 25.4. The van der Waals surface area contributed by atoms with Crippen LogP contribution in [0.15, 0.2) is 52.4 Å². The van der Waals surface area contributed by atoms with Crippen LogP contribution in [-0.4, -0.2) is 30.8 Å². The monoisotopic (exact) mass is 457 g/mol. The van der Waals surface area contributed by atoms with Crippen LogP contribution in [0.3, 0.4) is 0 Å². The largest absolute Gasteiger partial charge is 0.325 e. The first-order valence-corrected chi connectivity index (χ1v) is 11.1. The van der Waals surface area contributed by atoms with Gasteiger partial charge in [-0.05, 0) is 36.6 Å². The smallest absolute Gasteiger partial charge is 0.262 e. The summed E-state index contributed by atoms with van der Waals surface area (Å²) in [6.45, 7) is 4.67. The van der Waals surface area contributed by atoms with Gasteiger partial charge in [-0.3, -0.25) is 18.6 Å². The Kier molecular flexibility index (Phi) is 6.22. The topological polar surface area (TPSA) is 81.3 Å². The lowest BCUT2D eigenvalue weighted by Gasteiger charge is -2.12. The van der Waals surface area contributed by atoms with E-state index >= 15 is 0 Å². The van der Waals surface area contributed by atoms with Gasteiger partial charge in [-0.1, -0.05) is 37.7 Å². The lowest BCUT2D eigenvalue weighted by atomic mass is 10.1. The Balaban J connectivity index is 1.64. The van der Waals surface area contributed by atoms with Gasteiger partial charge in [-0.15, -0.1) is 10.2 Å². The number of rotatable bonds is 7. The Morgan fingerprint density at radius 3 is 2.66 bits per heavy atom. The van der Waals surface area contributed by atoms with Gasteiger partial charge >= 0.3 is 0 Å². The Morgan fingerprint density at radius 2 is 1.91 bits per heavy atom. The fourth-order valence-corrected chi connectivity index (χ4v) is 4.06. The van der Waals surface area contributed by atoms with E-state index in [1.807, 2.05) is 12.1 Å². The number of fused-ring (bicyclic) bond motifs is 3. The number of halogens is 2. The number of amides is 1. The first-order chi connectivity index (χ1) is 15.3. The molecular formula is C22H21F2N5O2S. The van der Waals surface area contributed by atoms with E-state index in [9.17, 15) is 18.4 Å². The number of carbonyl (C=O) groups excluding carboxylic acids is 1. The Morgan fingerprint density at radius 1 is 1.12 bits per heavy atom. The van der Waals surface area contributed by atoms with E-state index in [0.717, 1.165) is 30.3 Å². The average Bonchev–Trinajstić information content (AvgIpc) is 3.18. The third-order valence-corrected chi connectivity index (χ3v) is 5.87. The molecule has 0 radical (unpaired) electrons. The molecule has 0 atom stereocenters. The molecule has 4 rings (SSSR count). The summed E-state index contributed by atoms with van der Waals surface area (Å²) in [6.07, 6.45) is 0.805. The molecular weight excluding hydrogens is 436 g/mol. The standard InChI is InChI=1S/C22H21F2N5O2S/c1-13(2)9-10-28-20(31)15-5-3-4-6-18(15)29-21(28)26-27-22(29)32-12-19(30)25-14-7-8-16(23)17(24)11-14/h3-8,11,13H,9-10,12H2,1-2H3,(H,25,30). The molecule has 0 aliphatic rings. The van der Waals surface area contributed by atoms with E-state index < -0.39 is 17.5 Å². The molecule has 2 aromatic carbocycles. The molecule has 7 nitrogen and oxygen atoms in total. The molecule has 0 saturated heterocycles. The number of nitrogens with one attached hydrogen (secondary N) is 1. The van der Waals surface area contributed by atoms with E-state index in [4.69, 9.17) is 0 Å². The summed E-state index contributed by atoms with van der Waals surface area (Å²) in [7, 11) is 0. The lowest BCUT2D eigenvalue weighted by Crippen LogP contribution is -2.24. The molecule has 32 heavy (non-hydrogen) atoms. The number of hydrogen-bond donors (Lipinski definition) is 1. The van der Waals surface area contributed by atoms with Gasteiger partial charge < -0.3 is 5.32 Å².